The van der Waals surface area contributed by atoms with Gasteiger partial charge in [-0.2, -0.15) is 0 Å². The third-order valence-electron chi connectivity index (χ3n) is 4.34. The molecule has 0 unspecified atom stereocenters. The van der Waals surface area contributed by atoms with Gasteiger partial charge in [0.05, 0.1) is 6.61 Å². The van der Waals surface area contributed by atoms with Crippen LogP contribution in [0, 0.1) is 0 Å². The van der Waals surface area contributed by atoms with Gasteiger partial charge >= 0.3 is 18.0 Å². The molecule has 1 aliphatic rings. The van der Waals surface area contributed by atoms with Crippen molar-refractivity contribution < 1.29 is 28.6 Å². The fourth-order valence-corrected chi connectivity index (χ4v) is 3.29. The molecule has 2 rings (SSSR count). The molecular weight excluding hydrogens is 398 g/mol. The molecule has 0 aromatic heterocycles. The summed E-state index contributed by atoms with van der Waals surface area (Å²) in [6, 6.07) is 7.32. The molecule has 0 aliphatic carbocycles. The van der Waals surface area contributed by atoms with Crippen LogP contribution in [0.15, 0.2) is 35.9 Å². The number of likely N-dealkylation sites (tertiary alicyclic amines) is 1. The van der Waals surface area contributed by atoms with Crippen molar-refractivity contribution in [3.8, 4) is 0 Å². The summed E-state index contributed by atoms with van der Waals surface area (Å²) < 4.78 is 16.3. The van der Waals surface area contributed by atoms with Gasteiger partial charge in [-0.15, -0.1) is 0 Å². The molecule has 1 aliphatic heterocycles. The molecular formula is C24H33NO6. The predicted molar refractivity (Wildman–Crippen MR) is 117 cm³/mol. The average molecular weight is 432 g/mol. The van der Waals surface area contributed by atoms with Gasteiger partial charge in [-0.25, -0.2) is 14.4 Å². The highest BCUT2D eigenvalue weighted by atomic mass is 16.6. The summed E-state index contributed by atoms with van der Waals surface area (Å²) in [6.45, 7) is 12.3. The summed E-state index contributed by atoms with van der Waals surface area (Å²) in [6.07, 6.45) is 1.19. The summed E-state index contributed by atoms with van der Waals surface area (Å²) in [5.41, 5.74) is -0.116. The topological polar surface area (TPSA) is 82.1 Å². The van der Waals surface area contributed by atoms with E-state index in [9.17, 15) is 14.4 Å². The molecule has 0 spiro atoms. The van der Waals surface area contributed by atoms with Crippen LogP contribution in [-0.2, 0) is 23.8 Å². The molecule has 0 radical (unpaired) electrons. The minimum absolute atomic E-state index is 0.145. The van der Waals surface area contributed by atoms with E-state index in [0.29, 0.717) is 5.57 Å². The van der Waals surface area contributed by atoms with E-state index in [1.54, 1.807) is 48.5 Å². The lowest BCUT2D eigenvalue weighted by atomic mass is 10.0. The van der Waals surface area contributed by atoms with Crippen LogP contribution in [0.1, 0.15) is 60.5 Å². The lowest BCUT2D eigenvalue weighted by molar-refractivity contribution is -0.161. The second-order valence-electron chi connectivity index (χ2n) is 9.43. The van der Waals surface area contributed by atoms with Crippen molar-refractivity contribution in [2.45, 2.75) is 78.2 Å². The van der Waals surface area contributed by atoms with Gasteiger partial charge in [0.2, 0.25) is 0 Å². The molecule has 1 fully saturated rings. The van der Waals surface area contributed by atoms with Crippen molar-refractivity contribution >= 4 is 24.1 Å². The number of carbonyl (C=O) groups excluding carboxylic acids is 3. The number of esters is 2. The zero-order valence-electron chi connectivity index (χ0n) is 19.4. The number of rotatable bonds is 4. The molecule has 0 saturated carbocycles. The third kappa shape index (κ3) is 6.84. The lowest BCUT2D eigenvalue weighted by Gasteiger charge is -2.32. The second-order valence-corrected chi connectivity index (χ2v) is 9.43. The largest absolute Gasteiger partial charge is 0.464 e. The maximum absolute atomic E-state index is 13.1. The van der Waals surface area contributed by atoms with Crippen molar-refractivity contribution in [3.63, 3.8) is 0 Å². The zero-order chi connectivity index (χ0) is 23.4. The third-order valence-corrected chi connectivity index (χ3v) is 4.34. The maximum atomic E-state index is 13.1. The monoisotopic (exact) mass is 431 g/mol. The second kappa shape index (κ2) is 9.54. The van der Waals surface area contributed by atoms with E-state index in [2.05, 4.69) is 0 Å². The SMILES string of the molecule is CCOC(=O)[C@H]1/C(=C\c2ccccc2)C[C@@H](C(=O)OC(C)(C)C)N1C(=O)OC(C)(C)C. The molecule has 0 bridgehead atoms. The molecule has 2 atom stereocenters. The van der Waals surface area contributed by atoms with Gasteiger partial charge < -0.3 is 14.2 Å². The first-order chi connectivity index (χ1) is 14.3. The van der Waals surface area contributed by atoms with Crippen molar-refractivity contribution in [2.75, 3.05) is 6.61 Å². The highest BCUT2D eigenvalue weighted by Gasteiger charge is 2.50. The lowest BCUT2D eigenvalue weighted by Crippen LogP contribution is -2.51. The van der Waals surface area contributed by atoms with Crippen LogP contribution in [0.4, 0.5) is 4.79 Å². The Balaban J connectivity index is 2.54. The van der Waals surface area contributed by atoms with E-state index in [4.69, 9.17) is 14.2 Å². The summed E-state index contributed by atoms with van der Waals surface area (Å²) in [5, 5.41) is 0. The fourth-order valence-electron chi connectivity index (χ4n) is 3.29. The Labute approximate surface area is 184 Å². The van der Waals surface area contributed by atoms with E-state index >= 15 is 0 Å². The van der Waals surface area contributed by atoms with Crippen LogP contribution in [0.25, 0.3) is 6.08 Å². The van der Waals surface area contributed by atoms with E-state index in [-0.39, 0.29) is 13.0 Å². The summed E-state index contributed by atoms with van der Waals surface area (Å²) in [4.78, 5) is 40.2. The van der Waals surface area contributed by atoms with Crippen LogP contribution < -0.4 is 0 Å². The van der Waals surface area contributed by atoms with Gasteiger partial charge in [0.1, 0.15) is 17.2 Å². The first-order valence-corrected chi connectivity index (χ1v) is 10.5. The van der Waals surface area contributed by atoms with E-state index in [0.717, 1.165) is 10.5 Å². The number of amides is 1. The van der Waals surface area contributed by atoms with Gasteiger partial charge in [0.25, 0.3) is 0 Å². The number of ether oxygens (including phenoxy) is 3. The number of nitrogens with zero attached hydrogens (tertiary/aromatic N) is 1. The van der Waals surface area contributed by atoms with Gasteiger partial charge in [0, 0.05) is 6.42 Å². The Morgan fingerprint density at radius 2 is 1.55 bits per heavy atom. The molecule has 7 heteroatoms. The molecule has 7 nitrogen and oxygen atoms in total. The molecule has 1 aromatic rings. The van der Waals surface area contributed by atoms with Crippen molar-refractivity contribution in [3.05, 3.63) is 41.5 Å². The number of carbonyl (C=O) groups is 3. The van der Waals surface area contributed by atoms with Crippen LogP contribution >= 0.6 is 0 Å². The number of hydrogen-bond donors (Lipinski definition) is 0. The summed E-state index contributed by atoms with van der Waals surface area (Å²) in [5.74, 6) is -1.20. The van der Waals surface area contributed by atoms with Crippen molar-refractivity contribution in [1.29, 1.82) is 0 Å². The van der Waals surface area contributed by atoms with Crippen LogP contribution in [0.3, 0.4) is 0 Å². The highest BCUT2D eigenvalue weighted by molar-refractivity contribution is 5.92. The Bertz CT molecular complexity index is 832. The summed E-state index contributed by atoms with van der Waals surface area (Å²) >= 11 is 0. The molecule has 31 heavy (non-hydrogen) atoms. The van der Waals surface area contributed by atoms with Crippen molar-refractivity contribution in [2.24, 2.45) is 0 Å². The average Bonchev–Trinajstić information content (AvgIpc) is 2.99. The number of hydrogen-bond acceptors (Lipinski definition) is 6. The minimum atomic E-state index is -1.08. The zero-order valence-corrected chi connectivity index (χ0v) is 19.4. The minimum Gasteiger partial charge on any atom is -0.464 e. The first kappa shape index (κ1) is 24.4. The molecule has 1 aromatic carbocycles. The molecule has 1 heterocycles. The fraction of sp³-hybridized carbons (Fsp3) is 0.542. The Morgan fingerprint density at radius 3 is 2.06 bits per heavy atom. The van der Waals surface area contributed by atoms with Gasteiger partial charge in [0.15, 0.2) is 6.04 Å². The van der Waals surface area contributed by atoms with Crippen LogP contribution in [-0.4, -0.2) is 52.8 Å². The Kier molecular flexibility index (Phi) is 7.52. The quantitative estimate of drug-likeness (QED) is 0.521. The Morgan fingerprint density at radius 1 is 0.968 bits per heavy atom. The van der Waals surface area contributed by atoms with E-state index < -0.39 is 41.3 Å². The standard InChI is InChI=1S/C24H33NO6/c1-8-29-21(27)19-17(14-16-12-10-9-11-13-16)15-18(20(26)30-23(2,3)4)25(19)22(28)31-24(5,6)7/h9-14,18-19H,8,15H2,1-7H3/b17-14-/t18-,19+/m0/s1. The van der Waals surface area contributed by atoms with Crippen molar-refractivity contribution in [1.82, 2.24) is 4.90 Å². The molecule has 1 amide bonds. The maximum Gasteiger partial charge on any atom is 0.412 e. The van der Waals surface area contributed by atoms with E-state index in [1.165, 1.54) is 0 Å². The van der Waals surface area contributed by atoms with Crippen LogP contribution in [0.2, 0.25) is 0 Å². The van der Waals surface area contributed by atoms with Gasteiger partial charge in [-0.1, -0.05) is 36.4 Å². The summed E-state index contributed by atoms with van der Waals surface area (Å²) in [7, 11) is 0. The first-order valence-electron chi connectivity index (χ1n) is 10.5. The predicted octanol–water partition coefficient (Wildman–Crippen LogP) is 4.35. The van der Waals surface area contributed by atoms with Gasteiger partial charge in [-0.05, 0) is 59.6 Å². The normalized spacial score (nSPS) is 20.5. The van der Waals surface area contributed by atoms with Gasteiger partial charge in [-0.3, -0.25) is 4.90 Å². The molecule has 1 saturated heterocycles. The van der Waals surface area contributed by atoms with E-state index in [1.807, 2.05) is 36.4 Å². The molecule has 0 N–H and O–H groups in total. The number of benzene rings is 1. The van der Waals surface area contributed by atoms with Crippen LogP contribution in [0.5, 0.6) is 0 Å². The Hall–Kier alpha value is -2.83. The molecule has 170 valence electrons. The highest BCUT2D eigenvalue weighted by Crippen LogP contribution is 2.35. The smallest absolute Gasteiger partial charge is 0.412 e.